The van der Waals surface area contributed by atoms with E-state index in [0.29, 0.717) is 24.5 Å². The molecule has 0 heterocycles. The number of hydrogen-bond donors (Lipinski definition) is 1. The summed E-state index contributed by atoms with van der Waals surface area (Å²) in [6.07, 6.45) is 0. The minimum Gasteiger partial charge on any atom is -0.398 e. The van der Waals surface area contributed by atoms with Crippen LogP contribution in [-0.4, -0.2) is 20.5 Å². The molecule has 0 aromatic heterocycles. The Morgan fingerprint density at radius 3 is 2.41 bits per heavy atom. The van der Waals surface area contributed by atoms with Gasteiger partial charge >= 0.3 is 7.32 Å². The van der Waals surface area contributed by atoms with Gasteiger partial charge in [0.15, 0.2) is 0 Å². The second-order valence-corrected chi connectivity index (χ2v) is 3.35. The van der Waals surface area contributed by atoms with Crippen molar-refractivity contribution in [2.45, 2.75) is 20.5 Å². The smallest absolute Gasteiger partial charge is 0.398 e. The summed E-state index contributed by atoms with van der Waals surface area (Å²) in [5.74, 6) is -0.345. The molecule has 0 radical (unpaired) electrons. The van der Waals surface area contributed by atoms with Crippen molar-refractivity contribution in [1.82, 2.24) is 0 Å². The fraction of sp³-hybridized carbons (Fsp3) is 0.455. The topological polar surface area (TPSA) is 53.7 Å². The Labute approximate surface area is 101 Å². The summed E-state index contributed by atoms with van der Waals surface area (Å²) in [6, 6.07) is 4.15. The van der Waals surface area contributed by atoms with Gasteiger partial charge in [0.1, 0.15) is 5.82 Å². The van der Waals surface area contributed by atoms with Crippen molar-refractivity contribution in [2.75, 3.05) is 18.9 Å². The highest BCUT2D eigenvalue weighted by Gasteiger charge is 2.20. The molecular formula is C11H17BFNO3. The Hall–Kier alpha value is -1.11. The molecule has 0 saturated heterocycles. The van der Waals surface area contributed by atoms with Crippen LogP contribution in [0.25, 0.3) is 0 Å². The van der Waals surface area contributed by atoms with E-state index in [2.05, 4.69) is 0 Å². The van der Waals surface area contributed by atoms with Crippen molar-refractivity contribution in [1.29, 1.82) is 0 Å². The zero-order valence-electron chi connectivity index (χ0n) is 10.1. The van der Waals surface area contributed by atoms with Gasteiger partial charge < -0.3 is 19.7 Å². The van der Waals surface area contributed by atoms with Crippen LogP contribution in [0.15, 0.2) is 18.2 Å². The van der Waals surface area contributed by atoms with E-state index >= 15 is 0 Å². The molecule has 17 heavy (non-hydrogen) atoms. The second-order valence-electron chi connectivity index (χ2n) is 3.35. The van der Waals surface area contributed by atoms with E-state index in [-0.39, 0.29) is 12.4 Å². The predicted octanol–water partition coefficient (Wildman–Crippen LogP) is 1.98. The van der Waals surface area contributed by atoms with Gasteiger partial charge in [0.25, 0.3) is 0 Å². The number of nitrogen functional groups attached to an aromatic ring is 1. The van der Waals surface area contributed by atoms with Crippen molar-refractivity contribution in [3.8, 4) is 0 Å². The quantitative estimate of drug-likeness (QED) is 0.585. The highest BCUT2D eigenvalue weighted by molar-refractivity contribution is 6.36. The van der Waals surface area contributed by atoms with Crippen LogP contribution in [0.1, 0.15) is 19.4 Å². The third kappa shape index (κ3) is 4.72. The molecule has 0 spiro atoms. The van der Waals surface area contributed by atoms with Crippen LogP contribution in [0.2, 0.25) is 0 Å². The van der Waals surface area contributed by atoms with Gasteiger partial charge in [0.05, 0.1) is 6.61 Å². The monoisotopic (exact) mass is 241 g/mol. The summed E-state index contributed by atoms with van der Waals surface area (Å²) in [6.45, 7) is 4.78. The number of hydrogen-bond acceptors (Lipinski definition) is 4. The van der Waals surface area contributed by atoms with Crippen LogP contribution in [0, 0.1) is 5.82 Å². The summed E-state index contributed by atoms with van der Waals surface area (Å²) in [5.41, 5.74) is 6.76. The SMILES string of the molecule is CCOB(OCC)OCc1cc(F)ccc1N. The first kappa shape index (κ1) is 14.0. The molecule has 1 rings (SSSR count). The van der Waals surface area contributed by atoms with E-state index in [1.807, 2.05) is 13.8 Å². The third-order valence-electron chi connectivity index (χ3n) is 2.09. The standard InChI is InChI=1S/C11H17BFNO3/c1-3-15-12(16-4-2)17-8-9-7-10(13)5-6-11(9)14/h5-7H,3-4,8,14H2,1-2H3. The summed E-state index contributed by atoms with van der Waals surface area (Å²) >= 11 is 0. The summed E-state index contributed by atoms with van der Waals surface area (Å²) in [7, 11) is -0.743. The molecule has 0 aliphatic heterocycles. The maximum absolute atomic E-state index is 13.0. The molecule has 0 amide bonds. The lowest BCUT2D eigenvalue weighted by Crippen LogP contribution is -2.27. The maximum atomic E-state index is 13.0. The summed E-state index contributed by atoms with van der Waals surface area (Å²) in [4.78, 5) is 0. The van der Waals surface area contributed by atoms with E-state index in [9.17, 15) is 4.39 Å². The average Bonchev–Trinajstić information content (AvgIpc) is 2.30. The molecule has 0 unspecified atom stereocenters. The third-order valence-corrected chi connectivity index (χ3v) is 2.09. The van der Waals surface area contributed by atoms with Gasteiger partial charge in [-0.05, 0) is 32.0 Å². The number of rotatable bonds is 7. The summed E-state index contributed by atoms with van der Waals surface area (Å²) in [5, 5.41) is 0. The van der Waals surface area contributed by atoms with Crippen molar-refractivity contribution < 1.29 is 18.4 Å². The number of benzene rings is 1. The van der Waals surface area contributed by atoms with E-state index < -0.39 is 7.32 Å². The Kier molecular flexibility index (Phi) is 5.97. The number of nitrogens with two attached hydrogens (primary N) is 1. The van der Waals surface area contributed by atoms with Crippen LogP contribution in [0.5, 0.6) is 0 Å². The Bertz CT molecular complexity index is 345. The van der Waals surface area contributed by atoms with Crippen molar-refractivity contribution in [3.63, 3.8) is 0 Å². The fourth-order valence-electron chi connectivity index (χ4n) is 1.27. The molecule has 4 nitrogen and oxygen atoms in total. The lowest BCUT2D eigenvalue weighted by molar-refractivity contribution is 0.0962. The first-order chi connectivity index (χ1) is 8.17. The molecule has 2 N–H and O–H groups in total. The molecular weight excluding hydrogens is 224 g/mol. The minimum absolute atomic E-state index is 0.147. The highest BCUT2D eigenvalue weighted by atomic mass is 19.1. The molecule has 1 aromatic carbocycles. The Morgan fingerprint density at radius 1 is 1.18 bits per heavy atom. The predicted molar refractivity (Wildman–Crippen MR) is 64.6 cm³/mol. The lowest BCUT2D eigenvalue weighted by Gasteiger charge is -2.13. The van der Waals surface area contributed by atoms with Gasteiger partial charge in [0.2, 0.25) is 0 Å². The average molecular weight is 241 g/mol. The van der Waals surface area contributed by atoms with Gasteiger partial charge in [-0.2, -0.15) is 0 Å². The van der Waals surface area contributed by atoms with Gasteiger partial charge in [-0.1, -0.05) is 0 Å². The number of anilines is 1. The molecule has 94 valence electrons. The van der Waals surface area contributed by atoms with Gasteiger partial charge in [0, 0.05) is 24.5 Å². The van der Waals surface area contributed by atoms with E-state index in [4.69, 9.17) is 19.7 Å². The highest BCUT2D eigenvalue weighted by Crippen LogP contribution is 2.15. The number of halogens is 1. The van der Waals surface area contributed by atoms with Gasteiger partial charge in [-0.15, -0.1) is 0 Å². The van der Waals surface area contributed by atoms with Crippen LogP contribution in [-0.2, 0) is 20.6 Å². The first-order valence-electron chi connectivity index (χ1n) is 5.56. The van der Waals surface area contributed by atoms with E-state index in [1.165, 1.54) is 18.2 Å². The van der Waals surface area contributed by atoms with Crippen LogP contribution >= 0.6 is 0 Å². The fourth-order valence-corrected chi connectivity index (χ4v) is 1.27. The van der Waals surface area contributed by atoms with Crippen LogP contribution in [0.3, 0.4) is 0 Å². The molecule has 6 heteroatoms. The van der Waals surface area contributed by atoms with Crippen molar-refractivity contribution in [2.24, 2.45) is 0 Å². The molecule has 1 aromatic rings. The molecule has 0 saturated carbocycles. The lowest BCUT2D eigenvalue weighted by atomic mass is 10.1. The molecule has 0 aliphatic rings. The van der Waals surface area contributed by atoms with Crippen molar-refractivity contribution >= 4 is 13.0 Å². The van der Waals surface area contributed by atoms with Gasteiger partial charge in [-0.3, -0.25) is 0 Å². The Morgan fingerprint density at radius 2 is 1.82 bits per heavy atom. The van der Waals surface area contributed by atoms with Crippen molar-refractivity contribution in [3.05, 3.63) is 29.6 Å². The first-order valence-corrected chi connectivity index (χ1v) is 5.56. The maximum Gasteiger partial charge on any atom is 0.639 e. The Balaban J connectivity index is 2.55. The normalized spacial score (nSPS) is 10.5. The molecule has 0 fully saturated rings. The van der Waals surface area contributed by atoms with Crippen LogP contribution in [0.4, 0.5) is 10.1 Å². The molecule has 0 aliphatic carbocycles. The largest absolute Gasteiger partial charge is 0.639 e. The van der Waals surface area contributed by atoms with E-state index in [0.717, 1.165) is 0 Å². The summed E-state index contributed by atoms with van der Waals surface area (Å²) < 4.78 is 28.7. The zero-order chi connectivity index (χ0) is 12.7. The van der Waals surface area contributed by atoms with Gasteiger partial charge in [-0.25, -0.2) is 4.39 Å². The second kappa shape index (κ2) is 7.27. The van der Waals surface area contributed by atoms with E-state index in [1.54, 1.807) is 0 Å². The molecule has 0 bridgehead atoms. The minimum atomic E-state index is -0.743. The van der Waals surface area contributed by atoms with Crippen LogP contribution < -0.4 is 5.73 Å². The zero-order valence-corrected chi connectivity index (χ0v) is 10.1. The molecule has 0 atom stereocenters.